The van der Waals surface area contributed by atoms with Gasteiger partial charge in [0.25, 0.3) is 5.56 Å². The maximum absolute atomic E-state index is 12.6. The second-order valence-electron chi connectivity index (χ2n) is 6.17. The number of nitrogens with zero attached hydrogens (tertiary/aromatic N) is 3. The number of aromatic nitrogens is 3. The summed E-state index contributed by atoms with van der Waals surface area (Å²) in [6, 6.07) is 19.3. The van der Waals surface area contributed by atoms with Crippen LogP contribution in [0.5, 0.6) is 0 Å². The van der Waals surface area contributed by atoms with E-state index in [0.717, 1.165) is 21.1 Å². The Kier molecular flexibility index (Phi) is 5.23. The van der Waals surface area contributed by atoms with Crippen molar-refractivity contribution >= 4 is 28.6 Å². The number of anilines is 1. The summed E-state index contributed by atoms with van der Waals surface area (Å²) in [5.41, 5.74) is 2.87. The summed E-state index contributed by atoms with van der Waals surface area (Å²) < 4.78 is 1.29. The highest BCUT2D eigenvalue weighted by molar-refractivity contribution is 7.15. The molecule has 0 fully saturated rings. The third-order valence-electron chi connectivity index (χ3n) is 4.27. The smallest absolute Gasteiger partial charge is 0.292 e. The summed E-state index contributed by atoms with van der Waals surface area (Å²) in [6.07, 6.45) is 1.57. The maximum Gasteiger partial charge on any atom is 0.292 e. The van der Waals surface area contributed by atoms with Gasteiger partial charge in [-0.05, 0) is 19.1 Å². The largest absolute Gasteiger partial charge is 0.377 e. The Labute approximate surface area is 171 Å². The molecule has 28 heavy (non-hydrogen) atoms. The number of nitrogens with one attached hydrogen (secondary N) is 1. The highest BCUT2D eigenvalue weighted by atomic mass is 35.5. The van der Waals surface area contributed by atoms with Crippen LogP contribution in [-0.2, 0) is 6.54 Å². The van der Waals surface area contributed by atoms with Crippen LogP contribution >= 0.6 is 22.9 Å². The molecule has 0 aliphatic carbocycles. The van der Waals surface area contributed by atoms with Gasteiger partial charge in [-0.1, -0.05) is 60.1 Å². The van der Waals surface area contributed by atoms with Crippen molar-refractivity contribution in [3.8, 4) is 16.3 Å². The number of hydrogen-bond donors (Lipinski definition) is 1. The van der Waals surface area contributed by atoms with Crippen LogP contribution in [0.1, 0.15) is 10.6 Å². The predicted molar refractivity (Wildman–Crippen MR) is 114 cm³/mol. The zero-order valence-corrected chi connectivity index (χ0v) is 16.7. The lowest BCUT2D eigenvalue weighted by Gasteiger charge is -2.10. The lowest BCUT2D eigenvalue weighted by atomic mass is 10.2. The van der Waals surface area contributed by atoms with Gasteiger partial charge in [-0.3, -0.25) is 4.79 Å². The minimum Gasteiger partial charge on any atom is -0.377 e. The molecule has 7 heteroatoms. The molecule has 5 nitrogen and oxygen atoms in total. The van der Waals surface area contributed by atoms with Crippen molar-refractivity contribution in [2.45, 2.75) is 13.5 Å². The highest BCUT2D eigenvalue weighted by Crippen LogP contribution is 2.28. The van der Waals surface area contributed by atoms with Crippen molar-refractivity contribution in [3.63, 3.8) is 0 Å². The first-order chi connectivity index (χ1) is 13.6. The fourth-order valence-electron chi connectivity index (χ4n) is 2.78. The first-order valence-corrected chi connectivity index (χ1v) is 9.92. The molecule has 0 radical (unpaired) electrons. The van der Waals surface area contributed by atoms with Gasteiger partial charge >= 0.3 is 0 Å². The molecular weight excluding hydrogens is 392 g/mol. The number of benzene rings is 2. The van der Waals surface area contributed by atoms with Gasteiger partial charge in [0.15, 0.2) is 0 Å². The first-order valence-electron chi connectivity index (χ1n) is 8.72. The van der Waals surface area contributed by atoms with Crippen LogP contribution in [0.2, 0.25) is 5.02 Å². The van der Waals surface area contributed by atoms with Crippen LogP contribution in [0.3, 0.4) is 0 Å². The van der Waals surface area contributed by atoms with Crippen molar-refractivity contribution in [1.82, 2.24) is 14.8 Å². The second kappa shape index (κ2) is 7.96. The molecule has 0 amide bonds. The molecule has 1 N–H and O–H groups in total. The summed E-state index contributed by atoms with van der Waals surface area (Å²) in [6.45, 7) is 2.50. The minimum absolute atomic E-state index is 0.115. The van der Waals surface area contributed by atoms with Crippen LogP contribution in [0, 0.1) is 6.92 Å². The lowest BCUT2D eigenvalue weighted by molar-refractivity contribution is 0.807. The average molecular weight is 409 g/mol. The van der Waals surface area contributed by atoms with Crippen molar-refractivity contribution in [3.05, 3.63) is 92.8 Å². The quantitative estimate of drug-likeness (QED) is 0.508. The Balaban J connectivity index is 1.55. The number of thiazole rings is 1. The van der Waals surface area contributed by atoms with Gasteiger partial charge in [-0.25, -0.2) is 4.98 Å². The standard InChI is InChI=1S/C21H17ClN4OS/c1-14-18(28-20(25-14)15-8-4-2-5-9-15)13-23-17-12-24-26(21(27)19(17)22)16-10-6-3-7-11-16/h2-12,23H,13H2,1H3. The fourth-order valence-corrected chi connectivity index (χ4v) is 3.98. The SMILES string of the molecule is Cc1nc(-c2ccccc2)sc1CNc1cnn(-c2ccccc2)c(=O)c1Cl. The number of hydrogen-bond acceptors (Lipinski definition) is 5. The summed E-state index contributed by atoms with van der Waals surface area (Å²) >= 11 is 7.93. The topological polar surface area (TPSA) is 59.8 Å². The molecule has 0 atom stereocenters. The van der Waals surface area contributed by atoms with Crippen LogP contribution < -0.4 is 10.9 Å². The van der Waals surface area contributed by atoms with Gasteiger partial charge in [0.05, 0.1) is 29.8 Å². The molecule has 4 rings (SSSR count). The summed E-state index contributed by atoms with van der Waals surface area (Å²) in [7, 11) is 0. The Morgan fingerprint density at radius 1 is 1.07 bits per heavy atom. The molecule has 2 aromatic carbocycles. The molecule has 0 saturated heterocycles. The van der Waals surface area contributed by atoms with E-state index in [1.165, 1.54) is 4.68 Å². The molecule has 140 valence electrons. The Morgan fingerprint density at radius 3 is 2.46 bits per heavy atom. The van der Waals surface area contributed by atoms with Crippen LogP contribution in [0.4, 0.5) is 5.69 Å². The molecule has 0 aliphatic heterocycles. The summed E-state index contributed by atoms with van der Waals surface area (Å²) in [5, 5.41) is 8.54. The first kappa shape index (κ1) is 18.4. The third-order valence-corrected chi connectivity index (χ3v) is 5.84. The van der Waals surface area contributed by atoms with Crippen molar-refractivity contribution in [2.24, 2.45) is 0 Å². The van der Waals surface area contributed by atoms with E-state index < -0.39 is 0 Å². The van der Waals surface area contributed by atoms with Crippen LogP contribution in [0.25, 0.3) is 16.3 Å². The lowest BCUT2D eigenvalue weighted by Crippen LogP contribution is -2.22. The fraction of sp³-hybridized carbons (Fsp3) is 0.0952. The number of halogens is 1. The van der Waals surface area contributed by atoms with E-state index in [2.05, 4.69) is 15.4 Å². The van der Waals surface area contributed by atoms with Crippen molar-refractivity contribution in [1.29, 1.82) is 0 Å². The van der Waals surface area contributed by atoms with E-state index in [-0.39, 0.29) is 10.6 Å². The Morgan fingerprint density at radius 2 is 1.75 bits per heavy atom. The van der Waals surface area contributed by atoms with E-state index in [1.54, 1.807) is 17.5 Å². The molecule has 0 aliphatic rings. The molecule has 0 spiro atoms. The zero-order valence-electron chi connectivity index (χ0n) is 15.1. The molecule has 4 aromatic rings. The predicted octanol–water partition coefficient (Wildman–Crippen LogP) is 4.93. The zero-order chi connectivity index (χ0) is 19.5. The van der Waals surface area contributed by atoms with Crippen LogP contribution in [-0.4, -0.2) is 14.8 Å². The van der Waals surface area contributed by atoms with E-state index in [9.17, 15) is 4.79 Å². The monoisotopic (exact) mass is 408 g/mol. The van der Waals surface area contributed by atoms with Gasteiger partial charge < -0.3 is 5.32 Å². The average Bonchev–Trinajstić information content (AvgIpc) is 3.11. The van der Waals surface area contributed by atoms with E-state index in [0.29, 0.717) is 17.9 Å². The Bertz CT molecular complexity index is 1160. The molecule has 0 bridgehead atoms. The second-order valence-corrected chi connectivity index (χ2v) is 7.63. The minimum atomic E-state index is -0.358. The van der Waals surface area contributed by atoms with E-state index in [1.807, 2.05) is 67.6 Å². The maximum atomic E-state index is 12.6. The summed E-state index contributed by atoms with van der Waals surface area (Å²) in [4.78, 5) is 18.3. The van der Waals surface area contributed by atoms with E-state index in [4.69, 9.17) is 11.6 Å². The van der Waals surface area contributed by atoms with Gasteiger partial charge in [-0.2, -0.15) is 9.78 Å². The van der Waals surface area contributed by atoms with Gasteiger partial charge in [0.1, 0.15) is 10.0 Å². The molecule has 0 unspecified atom stereocenters. The number of para-hydroxylation sites is 1. The molecule has 2 heterocycles. The summed E-state index contributed by atoms with van der Waals surface area (Å²) in [5.74, 6) is 0. The molecular formula is C21H17ClN4OS. The van der Waals surface area contributed by atoms with Crippen molar-refractivity contribution in [2.75, 3.05) is 5.32 Å². The van der Waals surface area contributed by atoms with Gasteiger partial charge in [-0.15, -0.1) is 11.3 Å². The van der Waals surface area contributed by atoms with Gasteiger partial charge in [0, 0.05) is 10.4 Å². The molecule has 2 aromatic heterocycles. The highest BCUT2D eigenvalue weighted by Gasteiger charge is 2.13. The van der Waals surface area contributed by atoms with Crippen LogP contribution in [0.15, 0.2) is 71.7 Å². The number of aryl methyl sites for hydroxylation is 1. The van der Waals surface area contributed by atoms with Gasteiger partial charge in [0.2, 0.25) is 0 Å². The Hall–Kier alpha value is -2.96. The number of rotatable bonds is 5. The van der Waals surface area contributed by atoms with Crippen molar-refractivity contribution < 1.29 is 0 Å². The molecule has 0 saturated carbocycles. The van der Waals surface area contributed by atoms with E-state index >= 15 is 0 Å². The normalized spacial score (nSPS) is 10.8. The third kappa shape index (κ3) is 3.69.